The first-order chi connectivity index (χ1) is 14.5. The molecule has 3 rings (SSSR count). The standard InChI is InChI=1S/C23H27N3O4/c1-4-5-6-15-30-20-11-7-17(8-12-20)16-24-26-21(27)23(2,25-22(26)28)18-9-13-19(29-3)14-10-18/h7-14,16H,4-6,15H2,1-3H3,(H,25,28)/b24-16+. The van der Waals surface area contributed by atoms with Crippen LogP contribution in [-0.2, 0) is 10.3 Å². The Kier molecular flexibility index (Phi) is 6.72. The van der Waals surface area contributed by atoms with Crippen molar-refractivity contribution < 1.29 is 19.1 Å². The van der Waals surface area contributed by atoms with Crippen LogP contribution in [0, 0.1) is 0 Å². The van der Waals surface area contributed by atoms with E-state index < -0.39 is 17.5 Å². The van der Waals surface area contributed by atoms with Gasteiger partial charge in [0, 0.05) is 0 Å². The summed E-state index contributed by atoms with van der Waals surface area (Å²) in [5.41, 5.74) is 0.232. The van der Waals surface area contributed by atoms with E-state index in [0.717, 1.165) is 35.6 Å². The van der Waals surface area contributed by atoms with Crippen molar-refractivity contribution in [3.63, 3.8) is 0 Å². The van der Waals surface area contributed by atoms with Crippen molar-refractivity contribution in [2.45, 2.75) is 38.6 Å². The Hall–Kier alpha value is -3.35. The van der Waals surface area contributed by atoms with Crippen molar-refractivity contribution >= 4 is 18.2 Å². The van der Waals surface area contributed by atoms with Crippen molar-refractivity contribution in [1.29, 1.82) is 0 Å². The molecule has 7 heteroatoms. The molecule has 30 heavy (non-hydrogen) atoms. The number of carbonyl (C=O) groups is 2. The van der Waals surface area contributed by atoms with Crippen LogP contribution in [0.2, 0.25) is 0 Å². The summed E-state index contributed by atoms with van der Waals surface area (Å²) in [6.45, 7) is 4.50. The third-order valence-corrected chi connectivity index (χ3v) is 5.06. The summed E-state index contributed by atoms with van der Waals surface area (Å²) in [5, 5.41) is 7.69. The van der Waals surface area contributed by atoms with E-state index in [4.69, 9.17) is 9.47 Å². The van der Waals surface area contributed by atoms with Gasteiger partial charge in [0.15, 0.2) is 0 Å². The molecule has 1 heterocycles. The molecule has 0 aliphatic carbocycles. The van der Waals surface area contributed by atoms with Crippen molar-refractivity contribution in [3.05, 3.63) is 59.7 Å². The second-order valence-electron chi connectivity index (χ2n) is 7.27. The van der Waals surface area contributed by atoms with Crippen LogP contribution in [0.1, 0.15) is 44.2 Å². The molecule has 1 atom stereocenters. The molecule has 1 saturated heterocycles. The highest BCUT2D eigenvalue weighted by molar-refractivity contribution is 6.07. The van der Waals surface area contributed by atoms with Gasteiger partial charge in [0.25, 0.3) is 5.91 Å². The van der Waals surface area contributed by atoms with E-state index in [1.807, 2.05) is 24.3 Å². The van der Waals surface area contributed by atoms with Gasteiger partial charge in [-0.2, -0.15) is 5.10 Å². The molecule has 1 aliphatic rings. The Labute approximate surface area is 176 Å². The molecule has 2 aromatic rings. The molecule has 1 N–H and O–H groups in total. The molecule has 1 fully saturated rings. The van der Waals surface area contributed by atoms with Gasteiger partial charge in [-0.15, -0.1) is 5.01 Å². The van der Waals surface area contributed by atoms with Crippen LogP contribution >= 0.6 is 0 Å². The van der Waals surface area contributed by atoms with E-state index in [9.17, 15) is 9.59 Å². The van der Waals surface area contributed by atoms with Crippen LogP contribution in [0.25, 0.3) is 0 Å². The lowest BCUT2D eigenvalue weighted by atomic mass is 9.92. The number of hydrogen-bond acceptors (Lipinski definition) is 5. The van der Waals surface area contributed by atoms with Crippen molar-refractivity contribution in [1.82, 2.24) is 10.3 Å². The van der Waals surface area contributed by atoms with Gasteiger partial charge in [0.1, 0.15) is 17.0 Å². The molecule has 0 spiro atoms. The number of ether oxygens (including phenoxy) is 2. The predicted octanol–water partition coefficient (Wildman–Crippen LogP) is 4.07. The van der Waals surface area contributed by atoms with Gasteiger partial charge in [-0.25, -0.2) is 4.79 Å². The fraction of sp³-hybridized carbons (Fsp3) is 0.348. The first kappa shape index (κ1) is 21.4. The summed E-state index contributed by atoms with van der Waals surface area (Å²) in [4.78, 5) is 25.3. The van der Waals surface area contributed by atoms with Crippen LogP contribution in [0.15, 0.2) is 53.6 Å². The molecule has 2 aromatic carbocycles. The van der Waals surface area contributed by atoms with E-state index in [0.29, 0.717) is 17.9 Å². The van der Waals surface area contributed by atoms with E-state index in [2.05, 4.69) is 17.3 Å². The highest BCUT2D eigenvalue weighted by Gasteiger charge is 2.49. The van der Waals surface area contributed by atoms with Gasteiger partial charge in [0.05, 0.1) is 19.9 Å². The van der Waals surface area contributed by atoms with Crippen LogP contribution < -0.4 is 14.8 Å². The second kappa shape index (κ2) is 9.43. The zero-order valence-electron chi connectivity index (χ0n) is 17.6. The number of urea groups is 1. The minimum Gasteiger partial charge on any atom is -0.497 e. The minimum absolute atomic E-state index is 0.440. The molecular formula is C23H27N3O4. The Balaban J connectivity index is 1.66. The smallest absolute Gasteiger partial charge is 0.346 e. The molecule has 158 valence electrons. The lowest BCUT2D eigenvalue weighted by Gasteiger charge is -2.21. The molecule has 0 radical (unpaired) electrons. The lowest BCUT2D eigenvalue weighted by Crippen LogP contribution is -2.40. The van der Waals surface area contributed by atoms with E-state index in [-0.39, 0.29) is 0 Å². The van der Waals surface area contributed by atoms with Crippen molar-refractivity contribution in [2.75, 3.05) is 13.7 Å². The van der Waals surface area contributed by atoms with E-state index >= 15 is 0 Å². The average molecular weight is 409 g/mol. The number of carbonyl (C=O) groups excluding carboxylic acids is 2. The third-order valence-electron chi connectivity index (χ3n) is 5.06. The highest BCUT2D eigenvalue weighted by atomic mass is 16.5. The number of hydrazone groups is 1. The number of hydrogen-bond donors (Lipinski definition) is 1. The van der Waals surface area contributed by atoms with Crippen molar-refractivity contribution in [2.24, 2.45) is 5.10 Å². The summed E-state index contributed by atoms with van der Waals surface area (Å²) in [7, 11) is 1.57. The maximum atomic E-state index is 12.9. The molecule has 1 aliphatic heterocycles. The Bertz CT molecular complexity index is 909. The lowest BCUT2D eigenvalue weighted by molar-refractivity contribution is -0.131. The first-order valence-corrected chi connectivity index (χ1v) is 10.1. The number of rotatable bonds is 9. The number of imide groups is 1. The SMILES string of the molecule is CCCCCOc1ccc(/C=N/N2C(=O)NC(C)(c3ccc(OC)cc3)C2=O)cc1. The summed E-state index contributed by atoms with van der Waals surface area (Å²) in [5.74, 6) is 1.02. The van der Waals surface area contributed by atoms with Gasteiger partial charge in [0.2, 0.25) is 0 Å². The fourth-order valence-electron chi connectivity index (χ4n) is 3.17. The molecule has 7 nitrogen and oxygen atoms in total. The number of methoxy groups -OCH3 is 1. The highest BCUT2D eigenvalue weighted by Crippen LogP contribution is 2.30. The maximum absolute atomic E-state index is 12.9. The Morgan fingerprint density at radius 3 is 2.33 bits per heavy atom. The van der Waals surface area contributed by atoms with Crippen LogP contribution in [0.4, 0.5) is 4.79 Å². The van der Waals surface area contributed by atoms with Gasteiger partial charge >= 0.3 is 6.03 Å². The zero-order chi connectivity index (χ0) is 21.6. The number of nitrogens with one attached hydrogen (secondary N) is 1. The van der Waals surface area contributed by atoms with Crippen LogP contribution in [0.5, 0.6) is 11.5 Å². The fourth-order valence-corrected chi connectivity index (χ4v) is 3.17. The number of unbranched alkanes of at least 4 members (excludes halogenated alkanes) is 2. The largest absolute Gasteiger partial charge is 0.497 e. The topological polar surface area (TPSA) is 80.2 Å². The molecule has 0 aromatic heterocycles. The first-order valence-electron chi connectivity index (χ1n) is 10.1. The van der Waals surface area contributed by atoms with Crippen molar-refractivity contribution in [3.8, 4) is 11.5 Å². The predicted molar refractivity (Wildman–Crippen MR) is 115 cm³/mol. The molecule has 3 amide bonds. The van der Waals surface area contributed by atoms with E-state index in [1.165, 1.54) is 6.21 Å². The van der Waals surface area contributed by atoms with Gasteiger partial charge in [-0.05, 0) is 60.9 Å². The third kappa shape index (κ3) is 4.62. The number of nitrogens with zero attached hydrogens (tertiary/aromatic N) is 2. The molecule has 1 unspecified atom stereocenters. The average Bonchev–Trinajstić information content (AvgIpc) is 2.99. The monoisotopic (exact) mass is 409 g/mol. The molecule has 0 bridgehead atoms. The summed E-state index contributed by atoms with van der Waals surface area (Å²) in [6.07, 6.45) is 4.81. The normalized spacial score (nSPS) is 18.7. The van der Waals surface area contributed by atoms with Crippen LogP contribution in [-0.4, -0.2) is 36.9 Å². The zero-order valence-corrected chi connectivity index (χ0v) is 17.6. The van der Waals surface area contributed by atoms with E-state index in [1.54, 1.807) is 38.3 Å². The maximum Gasteiger partial charge on any atom is 0.346 e. The summed E-state index contributed by atoms with van der Waals surface area (Å²) in [6, 6.07) is 13.8. The number of amides is 3. The Morgan fingerprint density at radius 1 is 1.03 bits per heavy atom. The van der Waals surface area contributed by atoms with Crippen LogP contribution in [0.3, 0.4) is 0 Å². The number of benzene rings is 2. The minimum atomic E-state index is -1.18. The molecule has 0 saturated carbocycles. The summed E-state index contributed by atoms with van der Waals surface area (Å²) >= 11 is 0. The summed E-state index contributed by atoms with van der Waals surface area (Å²) < 4.78 is 10.8. The molecular weight excluding hydrogens is 382 g/mol. The second-order valence-corrected chi connectivity index (χ2v) is 7.27. The quantitative estimate of drug-likeness (QED) is 0.385. The van der Waals surface area contributed by atoms with Gasteiger partial charge < -0.3 is 14.8 Å². The Morgan fingerprint density at radius 2 is 1.70 bits per heavy atom. The van der Waals surface area contributed by atoms with Gasteiger partial charge in [-0.3, -0.25) is 4.79 Å². The van der Waals surface area contributed by atoms with Gasteiger partial charge in [-0.1, -0.05) is 31.9 Å².